The first-order chi connectivity index (χ1) is 9.41. The fraction of sp³-hybridized carbons (Fsp3) is 0.250. The third-order valence-corrected chi connectivity index (χ3v) is 3.42. The van der Waals surface area contributed by atoms with Gasteiger partial charge < -0.3 is 10.6 Å². The van der Waals surface area contributed by atoms with Gasteiger partial charge in [-0.25, -0.2) is 0 Å². The number of benzene rings is 1. The summed E-state index contributed by atoms with van der Waals surface area (Å²) in [6, 6.07) is 10.1. The highest BCUT2D eigenvalue weighted by atomic mass is 15.1. The van der Waals surface area contributed by atoms with Crippen LogP contribution < -0.4 is 10.6 Å². The Kier molecular flexibility index (Phi) is 3.74. The minimum Gasteiger partial charge on any atom is -0.384 e. The van der Waals surface area contributed by atoms with Crippen LogP contribution in [0, 0.1) is 26.2 Å². The van der Waals surface area contributed by atoms with Crippen molar-refractivity contribution in [3.05, 3.63) is 52.8 Å². The first kappa shape index (κ1) is 14.1. The van der Waals surface area contributed by atoms with E-state index in [1.807, 2.05) is 39.1 Å². The van der Waals surface area contributed by atoms with Crippen LogP contribution in [0.5, 0.6) is 0 Å². The Bertz CT molecular complexity index is 662. The van der Waals surface area contributed by atoms with Gasteiger partial charge in [-0.15, -0.1) is 0 Å². The van der Waals surface area contributed by atoms with Gasteiger partial charge in [-0.2, -0.15) is 0 Å². The lowest BCUT2D eigenvalue weighted by Gasteiger charge is -2.25. The fourth-order valence-corrected chi connectivity index (χ4v) is 2.48. The van der Waals surface area contributed by atoms with Crippen LogP contribution in [0.1, 0.15) is 22.5 Å². The number of aryl methyl sites for hydroxylation is 3. The van der Waals surface area contributed by atoms with E-state index in [9.17, 15) is 0 Å². The van der Waals surface area contributed by atoms with Crippen molar-refractivity contribution in [1.82, 2.24) is 4.98 Å². The fourth-order valence-electron chi connectivity index (χ4n) is 2.48. The van der Waals surface area contributed by atoms with Crippen molar-refractivity contribution in [2.45, 2.75) is 20.8 Å². The summed E-state index contributed by atoms with van der Waals surface area (Å²) in [5.41, 5.74) is 11.3. The van der Waals surface area contributed by atoms with Gasteiger partial charge in [0.05, 0.1) is 16.9 Å². The number of anilines is 2. The molecule has 0 fully saturated rings. The molecule has 2 rings (SSSR count). The molecule has 3 N–H and O–H groups in total. The van der Waals surface area contributed by atoms with Crippen molar-refractivity contribution in [3.63, 3.8) is 0 Å². The van der Waals surface area contributed by atoms with Gasteiger partial charge >= 0.3 is 0 Å². The summed E-state index contributed by atoms with van der Waals surface area (Å²) in [4.78, 5) is 6.47. The van der Waals surface area contributed by atoms with Crippen LogP contribution in [0.3, 0.4) is 0 Å². The molecule has 0 saturated heterocycles. The Morgan fingerprint density at radius 3 is 2.40 bits per heavy atom. The summed E-state index contributed by atoms with van der Waals surface area (Å²) >= 11 is 0. The Labute approximate surface area is 119 Å². The second-order valence-electron chi connectivity index (χ2n) is 5.00. The van der Waals surface area contributed by atoms with Crippen LogP contribution >= 0.6 is 0 Å². The lowest BCUT2D eigenvalue weighted by molar-refractivity contribution is 1.08. The number of amidine groups is 1. The number of hydrogen-bond acceptors (Lipinski definition) is 3. The molecule has 4 nitrogen and oxygen atoms in total. The van der Waals surface area contributed by atoms with Crippen LogP contribution in [0.15, 0.2) is 30.3 Å². The van der Waals surface area contributed by atoms with Crippen LogP contribution in [0.2, 0.25) is 0 Å². The molecule has 104 valence electrons. The summed E-state index contributed by atoms with van der Waals surface area (Å²) in [5, 5.41) is 7.81. The topological polar surface area (TPSA) is 66.0 Å². The highest BCUT2D eigenvalue weighted by Crippen LogP contribution is 2.30. The summed E-state index contributed by atoms with van der Waals surface area (Å²) < 4.78 is 0. The minimum absolute atomic E-state index is 0.0467. The van der Waals surface area contributed by atoms with Gasteiger partial charge in [0.15, 0.2) is 0 Å². The van der Waals surface area contributed by atoms with Gasteiger partial charge in [-0.3, -0.25) is 10.4 Å². The number of nitrogen functional groups attached to an aromatic ring is 1. The average Bonchev–Trinajstić information content (AvgIpc) is 2.37. The van der Waals surface area contributed by atoms with E-state index in [0.29, 0.717) is 5.56 Å². The maximum atomic E-state index is 7.81. The van der Waals surface area contributed by atoms with E-state index in [-0.39, 0.29) is 5.84 Å². The largest absolute Gasteiger partial charge is 0.384 e. The maximum Gasteiger partial charge on any atom is 0.126 e. The number of pyridine rings is 1. The number of nitrogens with two attached hydrogens (primary N) is 1. The number of para-hydroxylation sites is 1. The monoisotopic (exact) mass is 268 g/mol. The van der Waals surface area contributed by atoms with Crippen molar-refractivity contribution in [2.24, 2.45) is 5.73 Å². The summed E-state index contributed by atoms with van der Waals surface area (Å²) in [6.07, 6.45) is 0. The molecule has 0 bridgehead atoms. The molecule has 20 heavy (non-hydrogen) atoms. The quantitative estimate of drug-likeness (QED) is 0.664. The molecule has 0 aliphatic rings. The molecule has 0 aliphatic heterocycles. The van der Waals surface area contributed by atoms with E-state index < -0.39 is 0 Å². The van der Waals surface area contributed by atoms with Gasteiger partial charge in [-0.1, -0.05) is 18.2 Å². The maximum absolute atomic E-state index is 7.81. The van der Waals surface area contributed by atoms with Crippen LogP contribution in [0.4, 0.5) is 11.4 Å². The number of rotatable bonds is 3. The molecule has 0 aliphatic carbocycles. The lowest BCUT2D eigenvalue weighted by atomic mass is 10.1. The molecule has 0 spiro atoms. The number of nitrogens with one attached hydrogen (secondary N) is 1. The predicted molar refractivity (Wildman–Crippen MR) is 84.0 cm³/mol. The standard InChI is InChI=1S/C16H20N4/c1-10-7-5-6-8-13(10)20(4)14-9-11(2)19-12(3)15(14)16(17)18/h5-9H,1-4H3,(H3,17,18). The van der Waals surface area contributed by atoms with Gasteiger partial charge in [0, 0.05) is 18.4 Å². The SMILES string of the molecule is Cc1cc(N(C)c2ccccc2C)c(C(=N)N)c(C)n1. The second kappa shape index (κ2) is 5.33. The zero-order valence-corrected chi connectivity index (χ0v) is 12.4. The highest BCUT2D eigenvalue weighted by Gasteiger charge is 2.16. The Balaban J connectivity index is 2.63. The van der Waals surface area contributed by atoms with E-state index >= 15 is 0 Å². The summed E-state index contributed by atoms with van der Waals surface area (Å²) in [7, 11) is 1.99. The van der Waals surface area contributed by atoms with Crippen LogP contribution in [-0.4, -0.2) is 17.9 Å². The molecule has 0 radical (unpaired) electrons. The third-order valence-electron chi connectivity index (χ3n) is 3.42. The molecular weight excluding hydrogens is 248 g/mol. The zero-order chi connectivity index (χ0) is 14.9. The van der Waals surface area contributed by atoms with Gasteiger partial charge in [0.25, 0.3) is 0 Å². The molecule has 1 aromatic heterocycles. The Morgan fingerprint density at radius 1 is 1.15 bits per heavy atom. The first-order valence-corrected chi connectivity index (χ1v) is 6.54. The highest BCUT2D eigenvalue weighted by molar-refractivity contribution is 6.02. The normalized spacial score (nSPS) is 10.4. The Hall–Kier alpha value is -2.36. The molecule has 1 aromatic carbocycles. The Morgan fingerprint density at radius 2 is 1.80 bits per heavy atom. The van der Waals surface area contributed by atoms with Crippen molar-refractivity contribution < 1.29 is 0 Å². The lowest BCUT2D eigenvalue weighted by Crippen LogP contribution is -2.21. The predicted octanol–water partition coefficient (Wildman–Crippen LogP) is 3.06. The van der Waals surface area contributed by atoms with E-state index in [4.69, 9.17) is 11.1 Å². The molecule has 0 atom stereocenters. The smallest absolute Gasteiger partial charge is 0.126 e. The molecule has 0 saturated carbocycles. The molecule has 0 amide bonds. The van der Waals surface area contributed by atoms with Gasteiger partial charge in [0.1, 0.15) is 5.84 Å². The summed E-state index contributed by atoms with van der Waals surface area (Å²) in [5.74, 6) is 0.0467. The number of hydrogen-bond donors (Lipinski definition) is 2. The van der Waals surface area contributed by atoms with Crippen LogP contribution in [0.25, 0.3) is 0 Å². The zero-order valence-electron chi connectivity index (χ0n) is 12.4. The van der Waals surface area contributed by atoms with Gasteiger partial charge in [0.2, 0.25) is 0 Å². The molecule has 4 heteroatoms. The van der Waals surface area contributed by atoms with E-state index in [1.54, 1.807) is 0 Å². The van der Waals surface area contributed by atoms with E-state index in [1.165, 1.54) is 5.56 Å². The number of aromatic nitrogens is 1. The van der Waals surface area contributed by atoms with Crippen molar-refractivity contribution in [3.8, 4) is 0 Å². The van der Waals surface area contributed by atoms with Crippen LogP contribution in [-0.2, 0) is 0 Å². The molecule has 2 aromatic rings. The second-order valence-corrected chi connectivity index (χ2v) is 5.00. The van der Waals surface area contributed by atoms with Crippen molar-refractivity contribution in [1.29, 1.82) is 5.41 Å². The molecule has 1 heterocycles. The van der Waals surface area contributed by atoms with E-state index in [0.717, 1.165) is 22.8 Å². The average molecular weight is 268 g/mol. The van der Waals surface area contributed by atoms with Crippen molar-refractivity contribution in [2.75, 3.05) is 11.9 Å². The van der Waals surface area contributed by atoms with Gasteiger partial charge in [-0.05, 0) is 38.5 Å². The number of nitrogens with zero attached hydrogens (tertiary/aromatic N) is 2. The third kappa shape index (κ3) is 2.50. The molecule has 0 unspecified atom stereocenters. The minimum atomic E-state index is 0.0467. The summed E-state index contributed by atoms with van der Waals surface area (Å²) in [6.45, 7) is 5.91. The van der Waals surface area contributed by atoms with Crippen molar-refractivity contribution >= 4 is 17.2 Å². The van der Waals surface area contributed by atoms with E-state index in [2.05, 4.69) is 28.9 Å². The molecular formula is C16H20N4. The first-order valence-electron chi connectivity index (χ1n) is 6.54.